The van der Waals surface area contributed by atoms with Gasteiger partial charge in [0.05, 0.1) is 5.56 Å². The van der Waals surface area contributed by atoms with E-state index < -0.39 is 5.97 Å². The van der Waals surface area contributed by atoms with Crippen LogP contribution in [0.5, 0.6) is 11.5 Å². The molecule has 4 nitrogen and oxygen atoms in total. The molecule has 0 atom stereocenters. The first-order valence-corrected chi connectivity index (χ1v) is 6.95. The van der Waals surface area contributed by atoms with E-state index in [2.05, 4.69) is 0 Å². The van der Waals surface area contributed by atoms with Crippen molar-refractivity contribution in [1.29, 1.82) is 0 Å². The maximum absolute atomic E-state index is 11.0. The van der Waals surface area contributed by atoms with Gasteiger partial charge in [0.25, 0.3) is 0 Å². The highest BCUT2D eigenvalue weighted by Crippen LogP contribution is 2.36. The molecule has 0 amide bonds. The number of carbonyl (C=O) groups is 1. The predicted molar refractivity (Wildman–Crippen MR) is 75.0 cm³/mol. The fraction of sp³-hybridized carbons (Fsp3) is 0.133. The molecule has 2 aromatic rings. The molecule has 1 aliphatic rings. The van der Waals surface area contributed by atoms with Crippen molar-refractivity contribution in [2.24, 2.45) is 0 Å². The maximum Gasteiger partial charge on any atom is 0.335 e. The van der Waals surface area contributed by atoms with Gasteiger partial charge in [0.15, 0.2) is 11.5 Å². The molecule has 0 radical (unpaired) electrons. The maximum atomic E-state index is 11.0. The summed E-state index contributed by atoms with van der Waals surface area (Å²) < 4.78 is 11.0. The Morgan fingerprint density at radius 1 is 1.00 bits per heavy atom. The second-order valence-electron chi connectivity index (χ2n) is 4.24. The van der Waals surface area contributed by atoms with Crippen LogP contribution in [-0.4, -0.2) is 24.3 Å². The van der Waals surface area contributed by atoms with Crippen LogP contribution in [0.4, 0.5) is 0 Å². The second kappa shape index (κ2) is 5.46. The summed E-state index contributed by atoms with van der Waals surface area (Å²) in [6.45, 7) is 1.12. The zero-order valence-corrected chi connectivity index (χ0v) is 11.4. The van der Waals surface area contributed by atoms with Crippen LogP contribution in [0.2, 0.25) is 0 Å². The van der Waals surface area contributed by atoms with Crippen LogP contribution in [-0.2, 0) is 0 Å². The Labute approximate surface area is 120 Å². The highest BCUT2D eigenvalue weighted by molar-refractivity contribution is 7.99. The molecular weight excluding hydrogens is 276 g/mol. The number of benzene rings is 2. The van der Waals surface area contributed by atoms with E-state index in [1.54, 1.807) is 18.2 Å². The lowest BCUT2D eigenvalue weighted by Gasteiger charge is -2.18. The molecule has 102 valence electrons. The van der Waals surface area contributed by atoms with Crippen LogP contribution in [0.15, 0.2) is 52.3 Å². The van der Waals surface area contributed by atoms with Gasteiger partial charge in [0.1, 0.15) is 13.2 Å². The smallest absolute Gasteiger partial charge is 0.335 e. The van der Waals surface area contributed by atoms with Gasteiger partial charge in [-0.2, -0.15) is 0 Å². The minimum absolute atomic E-state index is 0.285. The first kappa shape index (κ1) is 12.9. The summed E-state index contributed by atoms with van der Waals surface area (Å²) in [6, 6.07) is 12.6. The van der Waals surface area contributed by atoms with Gasteiger partial charge < -0.3 is 14.6 Å². The van der Waals surface area contributed by atoms with Crippen LogP contribution in [0.1, 0.15) is 10.4 Å². The summed E-state index contributed by atoms with van der Waals surface area (Å²) in [4.78, 5) is 12.8. The topological polar surface area (TPSA) is 55.8 Å². The number of carboxylic acids is 1. The van der Waals surface area contributed by atoms with E-state index in [-0.39, 0.29) is 5.56 Å². The first-order valence-electron chi connectivity index (χ1n) is 6.13. The van der Waals surface area contributed by atoms with E-state index >= 15 is 0 Å². The largest absolute Gasteiger partial charge is 0.486 e. The molecule has 20 heavy (non-hydrogen) atoms. The van der Waals surface area contributed by atoms with Gasteiger partial charge in [0.2, 0.25) is 0 Å². The number of hydrogen-bond donors (Lipinski definition) is 1. The van der Waals surface area contributed by atoms with Gasteiger partial charge in [-0.3, -0.25) is 0 Å². The monoisotopic (exact) mass is 288 g/mol. The number of hydrogen-bond acceptors (Lipinski definition) is 4. The average Bonchev–Trinajstić information content (AvgIpc) is 2.47. The predicted octanol–water partition coefficient (Wildman–Crippen LogP) is 3.31. The van der Waals surface area contributed by atoms with E-state index in [1.165, 1.54) is 11.8 Å². The lowest BCUT2D eigenvalue weighted by Crippen LogP contribution is -2.15. The number of carboxylic acid groups (broad SMARTS) is 1. The molecule has 0 fully saturated rings. The van der Waals surface area contributed by atoms with Gasteiger partial charge in [-0.05, 0) is 36.4 Å². The minimum atomic E-state index is -0.922. The molecule has 3 rings (SSSR count). The van der Waals surface area contributed by atoms with Crippen molar-refractivity contribution in [1.82, 2.24) is 0 Å². The fourth-order valence-corrected chi connectivity index (χ4v) is 2.82. The van der Waals surface area contributed by atoms with Gasteiger partial charge in [-0.25, -0.2) is 4.79 Å². The van der Waals surface area contributed by atoms with Crippen LogP contribution in [0.25, 0.3) is 0 Å². The third kappa shape index (κ3) is 2.72. The molecule has 0 aliphatic carbocycles. The third-order valence-electron chi connectivity index (χ3n) is 2.83. The van der Waals surface area contributed by atoms with E-state index in [0.29, 0.717) is 13.2 Å². The first-order chi connectivity index (χ1) is 9.72. The van der Waals surface area contributed by atoms with Crippen molar-refractivity contribution in [3.63, 3.8) is 0 Å². The lowest BCUT2D eigenvalue weighted by molar-refractivity contribution is 0.0696. The molecule has 1 heterocycles. The van der Waals surface area contributed by atoms with Crippen molar-refractivity contribution in [2.45, 2.75) is 9.79 Å². The highest BCUT2D eigenvalue weighted by Gasteiger charge is 2.12. The summed E-state index contributed by atoms with van der Waals surface area (Å²) in [6.07, 6.45) is 0. The van der Waals surface area contributed by atoms with Gasteiger partial charge in [0, 0.05) is 9.79 Å². The second-order valence-corrected chi connectivity index (χ2v) is 5.39. The Morgan fingerprint density at radius 3 is 2.55 bits per heavy atom. The van der Waals surface area contributed by atoms with E-state index in [0.717, 1.165) is 21.3 Å². The lowest BCUT2D eigenvalue weighted by atomic mass is 10.2. The van der Waals surface area contributed by atoms with Crippen LogP contribution in [0.3, 0.4) is 0 Å². The van der Waals surface area contributed by atoms with E-state index in [4.69, 9.17) is 14.6 Å². The van der Waals surface area contributed by atoms with Crippen molar-refractivity contribution in [3.8, 4) is 11.5 Å². The summed E-state index contributed by atoms with van der Waals surface area (Å²) in [5.41, 5.74) is 0.285. The minimum Gasteiger partial charge on any atom is -0.486 e. The molecule has 2 aromatic carbocycles. The number of aromatic carboxylic acids is 1. The number of ether oxygens (including phenoxy) is 2. The summed E-state index contributed by atoms with van der Waals surface area (Å²) in [7, 11) is 0. The Balaban J connectivity index is 1.84. The third-order valence-corrected chi connectivity index (χ3v) is 3.81. The Kier molecular flexibility index (Phi) is 3.52. The van der Waals surface area contributed by atoms with Crippen molar-refractivity contribution >= 4 is 17.7 Å². The SMILES string of the molecule is O=C(O)c1cccc(Sc2ccc3c(c2)OCCO3)c1. The molecule has 0 unspecified atom stereocenters. The zero-order valence-electron chi connectivity index (χ0n) is 10.5. The van der Waals surface area contributed by atoms with Crippen molar-refractivity contribution in [3.05, 3.63) is 48.0 Å². The highest BCUT2D eigenvalue weighted by atomic mass is 32.2. The molecule has 0 spiro atoms. The fourth-order valence-electron chi connectivity index (χ4n) is 1.92. The van der Waals surface area contributed by atoms with E-state index in [9.17, 15) is 4.79 Å². The van der Waals surface area contributed by atoms with Gasteiger partial charge in [-0.1, -0.05) is 17.8 Å². The molecule has 0 saturated carbocycles. The average molecular weight is 288 g/mol. The van der Waals surface area contributed by atoms with Crippen molar-refractivity contribution < 1.29 is 19.4 Å². The van der Waals surface area contributed by atoms with E-state index in [1.807, 2.05) is 24.3 Å². The van der Waals surface area contributed by atoms with Crippen LogP contribution in [0, 0.1) is 0 Å². The van der Waals surface area contributed by atoms with Crippen LogP contribution < -0.4 is 9.47 Å². The Morgan fingerprint density at radius 2 is 1.75 bits per heavy atom. The summed E-state index contributed by atoms with van der Waals surface area (Å²) >= 11 is 1.49. The molecule has 1 aliphatic heterocycles. The molecule has 1 N–H and O–H groups in total. The standard InChI is InChI=1S/C15H12O4S/c16-15(17)10-2-1-3-11(8-10)20-12-4-5-13-14(9-12)19-7-6-18-13/h1-5,8-9H,6-7H2,(H,16,17). The molecular formula is C15H12O4S. The quantitative estimate of drug-likeness (QED) is 0.939. The molecule has 5 heteroatoms. The molecule has 0 bridgehead atoms. The van der Waals surface area contributed by atoms with Gasteiger partial charge >= 0.3 is 5.97 Å². The van der Waals surface area contributed by atoms with Gasteiger partial charge in [-0.15, -0.1) is 0 Å². The zero-order chi connectivity index (χ0) is 13.9. The summed E-state index contributed by atoms with van der Waals surface area (Å²) in [5, 5.41) is 8.99. The normalized spacial score (nSPS) is 13.0. The van der Waals surface area contributed by atoms with Crippen molar-refractivity contribution in [2.75, 3.05) is 13.2 Å². The number of fused-ring (bicyclic) bond motifs is 1. The number of rotatable bonds is 3. The Hall–Kier alpha value is -2.14. The molecule has 0 aromatic heterocycles. The van der Waals surface area contributed by atoms with Crippen LogP contribution >= 0.6 is 11.8 Å². The summed E-state index contributed by atoms with van der Waals surface area (Å²) in [5.74, 6) is 0.560. The Bertz CT molecular complexity index is 654. The molecule has 0 saturated heterocycles.